The van der Waals surface area contributed by atoms with Crippen LogP contribution in [0.1, 0.15) is 28.4 Å². The molecule has 0 aliphatic carbocycles. The molecule has 0 radical (unpaired) electrons. The van der Waals surface area contributed by atoms with Gasteiger partial charge in [0, 0.05) is 12.2 Å². The number of benzene rings is 2. The van der Waals surface area contributed by atoms with E-state index in [1.54, 1.807) is 25.1 Å². The highest BCUT2D eigenvalue weighted by atomic mass is 32.1. The van der Waals surface area contributed by atoms with Gasteiger partial charge in [-0.25, -0.2) is 9.18 Å². The molecule has 0 bridgehead atoms. The molecule has 0 amide bonds. The van der Waals surface area contributed by atoms with Crippen molar-refractivity contribution in [2.45, 2.75) is 20.4 Å². The number of ether oxygens (including phenoxy) is 1. The lowest BCUT2D eigenvalue weighted by Gasteiger charge is -2.14. The minimum Gasteiger partial charge on any atom is -0.462 e. The SMILES string of the molecule is CCOC(=O)c1cccc(NC(=S)NCc2cccc(F)c2)c1C. The number of nitrogens with one attached hydrogen (secondary N) is 2. The molecule has 0 aliphatic rings. The van der Waals surface area contributed by atoms with Crippen LogP contribution in [-0.4, -0.2) is 17.7 Å². The number of halogens is 1. The van der Waals surface area contributed by atoms with Crippen molar-refractivity contribution in [2.24, 2.45) is 0 Å². The molecule has 0 fully saturated rings. The summed E-state index contributed by atoms with van der Waals surface area (Å²) in [5.74, 6) is -0.650. The quantitative estimate of drug-likeness (QED) is 0.637. The zero-order chi connectivity index (χ0) is 17.5. The van der Waals surface area contributed by atoms with E-state index in [4.69, 9.17) is 17.0 Å². The number of esters is 1. The van der Waals surface area contributed by atoms with E-state index in [0.717, 1.165) is 16.8 Å². The molecule has 126 valence electrons. The third kappa shape index (κ3) is 4.76. The fourth-order valence-corrected chi connectivity index (χ4v) is 2.38. The van der Waals surface area contributed by atoms with E-state index in [-0.39, 0.29) is 11.8 Å². The summed E-state index contributed by atoms with van der Waals surface area (Å²) in [4.78, 5) is 11.9. The molecule has 2 aromatic rings. The van der Waals surface area contributed by atoms with Crippen LogP contribution in [0.3, 0.4) is 0 Å². The second kappa shape index (κ2) is 8.40. The third-order valence-corrected chi connectivity index (χ3v) is 3.67. The first-order chi connectivity index (χ1) is 11.5. The van der Waals surface area contributed by atoms with Gasteiger partial charge in [-0.3, -0.25) is 0 Å². The molecule has 6 heteroatoms. The molecular formula is C18H19FN2O2S. The minimum atomic E-state index is -0.364. The third-order valence-electron chi connectivity index (χ3n) is 3.42. The summed E-state index contributed by atoms with van der Waals surface area (Å²) in [5, 5.41) is 6.46. The minimum absolute atomic E-state index is 0.286. The second-order valence-corrected chi connectivity index (χ2v) is 5.54. The van der Waals surface area contributed by atoms with Crippen LogP contribution < -0.4 is 10.6 Å². The van der Waals surface area contributed by atoms with Crippen molar-refractivity contribution in [1.29, 1.82) is 0 Å². The Kier molecular flexibility index (Phi) is 6.26. The van der Waals surface area contributed by atoms with Crippen LogP contribution in [0.15, 0.2) is 42.5 Å². The van der Waals surface area contributed by atoms with Gasteiger partial charge in [-0.05, 0) is 61.5 Å². The standard InChI is InChI=1S/C18H19FN2O2S/c1-3-23-17(22)15-8-5-9-16(12(15)2)21-18(24)20-11-13-6-4-7-14(19)10-13/h4-10H,3,11H2,1-2H3,(H2,20,21,24). The van der Waals surface area contributed by atoms with Gasteiger partial charge >= 0.3 is 5.97 Å². The Morgan fingerprint density at radius 1 is 1.25 bits per heavy atom. The maximum atomic E-state index is 13.2. The van der Waals surface area contributed by atoms with Gasteiger partial charge in [-0.1, -0.05) is 18.2 Å². The average molecular weight is 346 g/mol. The number of thiocarbonyl (C=S) groups is 1. The van der Waals surface area contributed by atoms with E-state index in [1.807, 2.05) is 19.1 Å². The van der Waals surface area contributed by atoms with E-state index >= 15 is 0 Å². The monoisotopic (exact) mass is 346 g/mol. The summed E-state index contributed by atoms with van der Waals surface area (Å²) in [6.45, 7) is 4.31. The smallest absolute Gasteiger partial charge is 0.338 e. The highest BCUT2D eigenvalue weighted by molar-refractivity contribution is 7.80. The van der Waals surface area contributed by atoms with Gasteiger partial charge in [-0.15, -0.1) is 0 Å². The van der Waals surface area contributed by atoms with Gasteiger partial charge in [0.05, 0.1) is 12.2 Å². The van der Waals surface area contributed by atoms with Crippen molar-refractivity contribution in [2.75, 3.05) is 11.9 Å². The lowest BCUT2D eigenvalue weighted by Crippen LogP contribution is -2.28. The molecule has 2 N–H and O–H groups in total. The van der Waals surface area contributed by atoms with Gasteiger partial charge in [0.2, 0.25) is 0 Å². The molecule has 0 spiro atoms. The molecule has 4 nitrogen and oxygen atoms in total. The first-order valence-electron chi connectivity index (χ1n) is 7.57. The van der Waals surface area contributed by atoms with E-state index in [0.29, 0.717) is 23.8 Å². The summed E-state index contributed by atoms with van der Waals surface area (Å²) in [6.07, 6.45) is 0. The Labute approximate surface area is 146 Å². The van der Waals surface area contributed by atoms with Crippen LogP contribution in [0.25, 0.3) is 0 Å². The number of rotatable bonds is 5. The predicted molar refractivity (Wildman–Crippen MR) is 96.6 cm³/mol. The van der Waals surface area contributed by atoms with Crippen molar-refractivity contribution in [1.82, 2.24) is 5.32 Å². The van der Waals surface area contributed by atoms with Crippen molar-refractivity contribution in [3.8, 4) is 0 Å². The number of hydrogen-bond acceptors (Lipinski definition) is 3. The maximum Gasteiger partial charge on any atom is 0.338 e. The molecule has 2 aromatic carbocycles. The number of carbonyl (C=O) groups excluding carboxylic acids is 1. The van der Waals surface area contributed by atoms with Crippen molar-refractivity contribution in [3.63, 3.8) is 0 Å². The molecule has 2 rings (SSSR count). The maximum absolute atomic E-state index is 13.2. The zero-order valence-electron chi connectivity index (χ0n) is 13.6. The van der Waals surface area contributed by atoms with Gasteiger partial charge < -0.3 is 15.4 Å². The molecule has 0 unspecified atom stereocenters. The Balaban J connectivity index is 2.01. The van der Waals surface area contributed by atoms with Crippen LogP contribution in [0.2, 0.25) is 0 Å². The summed E-state index contributed by atoms with van der Waals surface area (Å²) in [5.41, 5.74) is 2.76. The molecule has 0 aliphatic heterocycles. The summed E-state index contributed by atoms with van der Waals surface area (Å²) < 4.78 is 18.2. The van der Waals surface area contributed by atoms with Gasteiger partial charge in [0.15, 0.2) is 5.11 Å². The van der Waals surface area contributed by atoms with E-state index in [1.165, 1.54) is 12.1 Å². The molecule has 24 heavy (non-hydrogen) atoms. The number of carbonyl (C=O) groups is 1. The fraction of sp³-hybridized carbons (Fsp3) is 0.222. The molecular weight excluding hydrogens is 327 g/mol. The van der Waals surface area contributed by atoms with E-state index in [2.05, 4.69) is 10.6 Å². The highest BCUT2D eigenvalue weighted by Crippen LogP contribution is 2.19. The second-order valence-electron chi connectivity index (χ2n) is 5.14. The summed E-state index contributed by atoms with van der Waals surface area (Å²) >= 11 is 5.26. The van der Waals surface area contributed by atoms with Crippen LogP contribution in [0.4, 0.5) is 10.1 Å². The number of hydrogen-bond donors (Lipinski definition) is 2. The van der Waals surface area contributed by atoms with Crippen LogP contribution >= 0.6 is 12.2 Å². The Bertz CT molecular complexity index is 750. The van der Waals surface area contributed by atoms with Gasteiger partial charge in [0.1, 0.15) is 5.82 Å². The first kappa shape index (κ1) is 17.9. The normalized spacial score (nSPS) is 10.1. The van der Waals surface area contributed by atoms with Crippen molar-refractivity contribution < 1.29 is 13.9 Å². The van der Waals surface area contributed by atoms with E-state index < -0.39 is 0 Å². The van der Waals surface area contributed by atoms with Gasteiger partial charge in [-0.2, -0.15) is 0 Å². The van der Waals surface area contributed by atoms with Crippen LogP contribution in [0, 0.1) is 12.7 Å². The van der Waals surface area contributed by atoms with Crippen LogP contribution in [0.5, 0.6) is 0 Å². The Morgan fingerprint density at radius 2 is 2.00 bits per heavy atom. The summed E-state index contributed by atoms with van der Waals surface area (Å²) in [7, 11) is 0. The molecule has 0 atom stereocenters. The van der Waals surface area contributed by atoms with Gasteiger partial charge in [0.25, 0.3) is 0 Å². The van der Waals surface area contributed by atoms with Crippen LogP contribution in [-0.2, 0) is 11.3 Å². The lowest BCUT2D eigenvalue weighted by molar-refractivity contribution is 0.0525. The Hall–Kier alpha value is -2.47. The summed E-state index contributed by atoms with van der Waals surface area (Å²) in [6, 6.07) is 11.6. The average Bonchev–Trinajstić information content (AvgIpc) is 2.55. The largest absolute Gasteiger partial charge is 0.462 e. The Morgan fingerprint density at radius 3 is 2.71 bits per heavy atom. The molecule has 0 saturated carbocycles. The molecule has 0 aromatic heterocycles. The topological polar surface area (TPSA) is 50.4 Å². The van der Waals surface area contributed by atoms with Crippen molar-refractivity contribution >= 4 is 29.0 Å². The highest BCUT2D eigenvalue weighted by Gasteiger charge is 2.13. The number of anilines is 1. The molecule has 0 heterocycles. The van der Waals surface area contributed by atoms with E-state index in [9.17, 15) is 9.18 Å². The first-order valence-corrected chi connectivity index (χ1v) is 7.98. The zero-order valence-corrected chi connectivity index (χ0v) is 14.4. The predicted octanol–water partition coefficient (Wildman–Crippen LogP) is 3.80. The lowest BCUT2D eigenvalue weighted by atomic mass is 10.1. The van der Waals surface area contributed by atoms with Crippen molar-refractivity contribution in [3.05, 3.63) is 65.0 Å². The fourth-order valence-electron chi connectivity index (χ4n) is 2.20. The molecule has 0 saturated heterocycles.